The van der Waals surface area contributed by atoms with Gasteiger partial charge in [0.25, 0.3) is 5.91 Å². The Morgan fingerprint density at radius 3 is 2.68 bits per heavy atom. The van der Waals surface area contributed by atoms with Crippen molar-refractivity contribution in [3.63, 3.8) is 0 Å². The SMILES string of the molecule is CC1(c2ccccc2)CCCN(C(=O)Nc2ccc3c(c2)CN(C2CCC(=O)NC2=O)C3=O)C1. The van der Waals surface area contributed by atoms with E-state index in [0.29, 0.717) is 30.8 Å². The summed E-state index contributed by atoms with van der Waals surface area (Å²) in [6.07, 6.45) is 2.50. The quantitative estimate of drug-likeness (QED) is 0.688. The highest BCUT2D eigenvalue weighted by Gasteiger charge is 2.39. The Morgan fingerprint density at radius 2 is 1.91 bits per heavy atom. The molecule has 0 saturated carbocycles. The number of nitrogens with zero attached hydrogens (tertiary/aromatic N) is 2. The van der Waals surface area contributed by atoms with Crippen LogP contribution in [0.3, 0.4) is 0 Å². The van der Waals surface area contributed by atoms with Crippen LogP contribution in [0.4, 0.5) is 10.5 Å². The summed E-state index contributed by atoms with van der Waals surface area (Å²) >= 11 is 0. The molecule has 0 aliphatic carbocycles. The molecule has 8 heteroatoms. The highest BCUT2D eigenvalue weighted by Crippen LogP contribution is 2.34. The molecule has 2 aromatic rings. The first-order valence-electron chi connectivity index (χ1n) is 11.7. The second kappa shape index (κ2) is 8.59. The first-order chi connectivity index (χ1) is 16.3. The summed E-state index contributed by atoms with van der Waals surface area (Å²) in [4.78, 5) is 53.0. The minimum atomic E-state index is -0.653. The number of piperidine rings is 2. The van der Waals surface area contributed by atoms with Crippen LogP contribution in [0.25, 0.3) is 0 Å². The molecule has 3 aliphatic rings. The van der Waals surface area contributed by atoms with Gasteiger partial charge in [0.1, 0.15) is 6.04 Å². The predicted molar refractivity (Wildman–Crippen MR) is 126 cm³/mol. The van der Waals surface area contributed by atoms with Crippen LogP contribution in [0.5, 0.6) is 0 Å². The van der Waals surface area contributed by atoms with E-state index in [1.54, 1.807) is 18.2 Å². The molecule has 2 aromatic carbocycles. The number of imide groups is 1. The van der Waals surface area contributed by atoms with Crippen LogP contribution >= 0.6 is 0 Å². The van der Waals surface area contributed by atoms with E-state index in [1.807, 2.05) is 23.1 Å². The lowest BCUT2D eigenvalue weighted by molar-refractivity contribution is -0.136. The van der Waals surface area contributed by atoms with Crippen molar-refractivity contribution in [2.45, 2.75) is 50.6 Å². The topological polar surface area (TPSA) is 98.8 Å². The molecule has 0 radical (unpaired) electrons. The summed E-state index contributed by atoms with van der Waals surface area (Å²) in [5.74, 6) is -0.967. The first kappa shape index (κ1) is 22.1. The fraction of sp³-hybridized carbons (Fsp3) is 0.385. The van der Waals surface area contributed by atoms with E-state index in [1.165, 1.54) is 10.5 Å². The van der Waals surface area contributed by atoms with Crippen molar-refractivity contribution in [2.24, 2.45) is 0 Å². The number of likely N-dealkylation sites (tertiary alicyclic amines) is 1. The van der Waals surface area contributed by atoms with Gasteiger partial charge in [0.15, 0.2) is 0 Å². The fourth-order valence-corrected chi connectivity index (χ4v) is 5.34. The number of benzene rings is 2. The molecule has 0 bridgehead atoms. The van der Waals surface area contributed by atoms with Gasteiger partial charge in [0.2, 0.25) is 11.8 Å². The van der Waals surface area contributed by atoms with Gasteiger partial charge in [-0.25, -0.2) is 4.79 Å². The van der Waals surface area contributed by atoms with Gasteiger partial charge in [-0.1, -0.05) is 37.3 Å². The van der Waals surface area contributed by atoms with Crippen molar-refractivity contribution in [3.8, 4) is 0 Å². The van der Waals surface area contributed by atoms with Crippen LogP contribution in [0, 0.1) is 0 Å². The molecule has 34 heavy (non-hydrogen) atoms. The molecule has 3 heterocycles. The molecule has 2 saturated heterocycles. The largest absolute Gasteiger partial charge is 0.324 e. The molecule has 176 valence electrons. The van der Waals surface area contributed by atoms with Crippen molar-refractivity contribution < 1.29 is 19.2 Å². The summed E-state index contributed by atoms with van der Waals surface area (Å²) in [6.45, 7) is 3.81. The third-order valence-corrected chi connectivity index (χ3v) is 7.23. The predicted octanol–water partition coefficient (Wildman–Crippen LogP) is 3.03. The smallest absolute Gasteiger partial charge is 0.321 e. The van der Waals surface area contributed by atoms with Gasteiger partial charge in [-0.05, 0) is 48.6 Å². The lowest BCUT2D eigenvalue weighted by Gasteiger charge is -2.40. The molecule has 0 aromatic heterocycles. The maximum absolute atomic E-state index is 13.1. The summed E-state index contributed by atoms with van der Waals surface area (Å²) in [7, 11) is 0. The Labute approximate surface area is 198 Å². The van der Waals surface area contributed by atoms with Gasteiger partial charge >= 0.3 is 6.03 Å². The van der Waals surface area contributed by atoms with Crippen LogP contribution in [0.2, 0.25) is 0 Å². The summed E-state index contributed by atoms with van der Waals surface area (Å²) < 4.78 is 0. The molecule has 5 rings (SSSR count). The zero-order valence-electron chi connectivity index (χ0n) is 19.2. The lowest BCUT2D eigenvalue weighted by atomic mass is 9.76. The lowest BCUT2D eigenvalue weighted by Crippen LogP contribution is -2.52. The van der Waals surface area contributed by atoms with E-state index in [0.717, 1.165) is 18.4 Å². The van der Waals surface area contributed by atoms with Crippen molar-refractivity contribution in [1.82, 2.24) is 15.1 Å². The minimum absolute atomic E-state index is 0.0936. The minimum Gasteiger partial charge on any atom is -0.324 e. The number of urea groups is 1. The molecule has 3 aliphatic heterocycles. The molecule has 2 atom stereocenters. The summed E-state index contributed by atoms with van der Waals surface area (Å²) in [5.41, 5.74) is 3.05. The van der Waals surface area contributed by atoms with E-state index in [2.05, 4.69) is 29.7 Å². The van der Waals surface area contributed by atoms with Crippen LogP contribution < -0.4 is 10.6 Å². The molecule has 8 nitrogen and oxygen atoms in total. The maximum atomic E-state index is 13.1. The van der Waals surface area contributed by atoms with Gasteiger partial charge in [0.05, 0.1) is 0 Å². The average molecular weight is 461 g/mol. The fourth-order valence-electron chi connectivity index (χ4n) is 5.34. The molecular formula is C26H28N4O4. The van der Waals surface area contributed by atoms with Gasteiger partial charge in [-0.3, -0.25) is 19.7 Å². The Kier molecular flexibility index (Phi) is 5.59. The standard InChI is InChI=1S/C26H28N4O4/c1-26(18-6-3-2-4-7-18)12-5-13-29(16-26)25(34)27-19-8-9-20-17(14-19)15-30(24(20)33)21-10-11-22(31)28-23(21)32/h2-4,6-9,14,21H,5,10-13,15-16H2,1H3,(H,27,34)(H,28,31,32). The molecule has 2 fully saturated rings. The number of hydrogen-bond donors (Lipinski definition) is 2. The Morgan fingerprint density at radius 1 is 1.12 bits per heavy atom. The van der Waals surface area contributed by atoms with Gasteiger partial charge in [-0.2, -0.15) is 0 Å². The van der Waals surface area contributed by atoms with E-state index in [4.69, 9.17) is 0 Å². The third kappa shape index (κ3) is 4.04. The molecule has 0 spiro atoms. The van der Waals surface area contributed by atoms with Crippen LogP contribution in [-0.2, 0) is 21.5 Å². The molecule has 5 amide bonds. The number of nitrogens with one attached hydrogen (secondary N) is 2. The number of carbonyl (C=O) groups is 4. The zero-order chi connectivity index (χ0) is 23.9. The van der Waals surface area contributed by atoms with Crippen LogP contribution in [0.15, 0.2) is 48.5 Å². The number of fused-ring (bicyclic) bond motifs is 1. The first-order valence-corrected chi connectivity index (χ1v) is 11.7. The molecular weight excluding hydrogens is 432 g/mol. The molecule has 2 N–H and O–H groups in total. The van der Waals surface area contributed by atoms with Crippen molar-refractivity contribution in [2.75, 3.05) is 18.4 Å². The average Bonchev–Trinajstić information content (AvgIpc) is 3.15. The highest BCUT2D eigenvalue weighted by atomic mass is 16.2. The normalized spacial score (nSPS) is 24.6. The van der Waals surface area contributed by atoms with Gasteiger partial charge in [0, 0.05) is 42.7 Å². The van der Waals surface area contributed by atoms with Gasteiger partial charge in [-0.15, -0.1) is 0 Å². The van der Waals surface area contributed by atoms with Crippen LogP contribution in [0.1, 0.15) is 54.1 Å². The number of anilines is 1. The van der Waals surface area contributed by atoms with E-state index < -0.39 is 11.9 Å². The van der Waals surface area contributed by atoms with Gasteiger partial charge < -0.3 is 15.1 Å². The second-order valence-electron chi connectivity index (χ2n) is 9.65. The highest BCUT2D eigenvalue weighted by molar-refractivity contribution is 6.05. The zero-order valence-corrected chi connectivity index (χ0v) is 19.2. The Balaban J connectivity index is 1.27. The summed E-state index contributed by atoms with van der Waals surface area (Å²) in [6, 6.07) is 14.7. The number of carbonyl (C=O) groups excluding carboxylic acids is 4. The number of hydrogen-bond acceptors (Lipinski definition) is 4. The van der Waals surface area contributed by atoms with Crippen LogP contribution in [-0.4, -0.2) is 52.7 Å². The Hall–Kier alpha value is -3.68. The van der Waals surface area contributed by atoms with E-state index >= 15 is 0 Å². The van der Waals surface area contributed by atoms with E-state index in [9.17, 15) is 19.2 Å². The molecule has 2 unspecified atom stereocenters. The van der Waals surface area contributed by atoms with E-state index in [-0.39, 0.29) is 36.2 Å². The van der Waals surface area contributed by atoms with Crippen molar-refractivity contribution in [3.05, 3.63) is 65.2 Å². The van der Waals surface area contributed by atoms with Crippen molar-refractivity contribution in [1.29, 1.82) is 0 Å². The monoisotopic (exact) mass is 460 g/mol. The summed E-state index contributed by atoms with van der Waals surface area (Å²) in [5, 5.41) is 5.30. The third-order valence-electron chi connectivity index (χ3n) is 7.23. The Bertz CT molecular complexity index is 1160. The number of rotatable bonds is 3. The van der Waals surface area contributed by atoms with Crippen molar-refractivity contribution >= 4 is 29.4 Å². The number of amides is 5. The maximum Gasteiger partial charge on any atom is 0.321 e. The second-order valence-corrected chi connectivity index (χ2v) is 9.65.